The van der Waals surface area contributed by atoms with Crippen molar-refractivity contribution in [2.24, 2.45) is 10.9 Å². The summed E-state index contributed by atoms with van der Waals surface area (Å²) in [4.78, 5) is 4.48. The van der Waals surface area contributed by atoms with Crippen molar-refractivity contribution in [3.05, 3.63) is 29.3 Å². The first-order chi connectivity index (χ1) is 9.27. The van der Waals surface area contributed by atoms with Gasteiger partial charge in [0.05, 0.1) is 11.6 Å². The second-order valence-electron chi connectivity index (χ2n) is 5.21. The summed E-state index contributed by atoms with van der Waals surface area (Å²) >= 11 is 1.55. The molecule has 1 aliphatic heterocycles. The average molecular weight is 302 g/mol. The molecule has 1 aliphatic rings. The molecule has 0 aromatic heterocycles. The molecule has 110 valence electrons. The van der Waals surface area contributed by atoms with Crippen molar-refractivity contribution in [2.75, 3.05) is 11.1 Å². The van der Waals surface area contributed by atoms with Crippen molar-refractivity contribution in [1.29, 1.82) is 0 Å². The molecule has 0 aliphatic carbocycles. The summed E-state index contributed by atoms with van der Waals surface area (Å²) in [5.41, 5.74) is 0.0502. The number of alkyl halides is 3. The molecule has 0 saturated carbocycles. The number of hydrogen-bond donors (Lipinski definition) is 1. The van der Waals surface area contributed by atoms with Crippen LogP contribution in [0.25, 0.3) is 0 Å². The Kier molecular flexibility index (Phi) is 4.32. The standard InChI is InChI=1S/C14H17F3N2S/c1-8(2)12-7-20-13(19-12)18-10-5-4-9(3)11(6-10)14(15,16)17/h4-6,8,12H,7H2,1-3H3,(H,18,19)/t12-/m1/s1. The number of nitrogens with zero attached hydrogens (tertiary/aromatic N) is 1. The monoisotopic (exact) mass is 302 g/mol. The molecule has 6 heteroatoms. The van der Waals surface area contributed by atoms with Crippen LogP contribution in [-0.2, 0) is 6.18 Å². The van der Waals surface area contributed by atoms with Crippen LogP contribution in [0.4, 0.5) is 18.9 Å². The Bertz CT molecular complexity index is 524. The largest absolute Gasteiger partial charge is 0.416 e. The van der Waals surface area contributed by atoms with Crippen molar-refractivity contribution in [3.8, 4) is 0 Å². The fourth-order valence-corrected chi connectivity index (χ4v) is 3.12. The molecular weight excluding hydrogens is 285 g/mol. The molecule has 2 nitrogen and oxygen atoms in total. The highest BCUT2D eigenvalue weighted by molar-refractivity contribution is 8.14. The molecule has 2 rings (SSSR count). The Morgan fingerprint density at radius 1 is 1.35 bits per heavy atom. The van der Waals surface area contributed by atoms with Crippen molar-refractivity contribution in [3.63, 3.8) is 0 Å². The molecule has 1 aromatic carbocycles. The summed E-state index contributed by atoms with van der Waals surface area (Å²) < 4.78 is 38.5. The number of benzene rings is 1. The first kappa shape index (κ1) is 15.2. The van der Waals surface area contributed by atoms with E-state index in [1.165, 1.54) is 13.0 Å². The van der Waals surface area contributed by atoms with Gasteiger partial charge in [0.2, 0.25) is 0 Å². The summed E-state index contributed by atoms with van der Waals surface area (Å²) in [6.45, 7) is 5.64. The van der Waals surface area contributed by atoms with E-state index in [0.717, 1.165) is 11.8 Å². The molecule has 1 N–H and O–H groups in total. The van der Waals surface area contributed by atoms with Crippen molar-refractivity contribution in [1.82, 2.24) is 0 Å². The van der Waals surface area contributed by atoms with E-state index in [0.29, 0.717) is 16.8 Å². The van der Waals surface area contributed by atoms with Gasteiger partial charge in [-0.2, -0.15) is 13.2 Å². The van der Waals surface area contributed by atoms with Gasteiger partial charge in [-0.15, -0.1) is 0 Å². The quantitative estimate of drug-likeness (QED) is 0.866. The molecule has 0 spiro atoms. The molecule has 1 aromatic rings. The molecule has 20 heavy (non-hydrogen) atoms. The predicted molar refractivity (Wildman–Crippen MR) is 78.3 cm³/mol. The van der Waals surface area contributed by atoms with Crippen LogP contribution < -0.4 is 5.32 Å². The molecule has 0 amide bonds. The van der Waals surface area contributed by atoms with E-state index in [9.17, 15) is 13.2 Å². The van der Waals surface area contributed by atoms with Gasteiger partial charge in [-0.05, 0) is 30.5 Å². The van der Waals surface area contributed by atoms with Gasteiger partial charge in [0.15, 0.2) is 5.17 Å². The fraction of sp³-hybridized carbons (Fsp3) is 0.500. The zero-order valence-electron chi connectivity index (χ0n) is 11.6. The van der Waals surface area contributed by atoms with Gasteiger partial charge in [-0.1, -0.05) is 31.7 Å². The van der Waals surface area contributed by atoms with E-state index in [2.05, 4.69) is 24.2 Å². The first-order valence-electron chi connectivity index (χ1n) is 6.43. The van der Waals surface area contributed by atoms with Crippen LogP contribution in [0.5, 0.6) is 0 Å². The summed E-state index contributed by atoms with van der Waals surface area (Å²) in [7, 11) is 0. The summed E-state index contributed by atoms with van der Waals surface area (Å²) in [5, 5.41) is 3.67. The third-order valence-corrected chi connectivity index (χ3v) is 4.23. The second-order valence-corrected chi connectivity index (χ2v) is 6.22. The minimum absolute atomic E-state index is 0.226. The zero-order chi connectivity index (χ0) is 14.9. The number of thioether (sulfide) groups is 1. The molecule has 0 fully saturated rings. The Morgan fingerprint density at radius 2 is 2.05 bits per heavy atom. The summed E-state index contributed by atoms with van der Waals surface area (Å²) in [6, 6.07) is 4.50. The lowest BCUT2D eigenvalue weighted by Crippen LogP contribution is -2.12. The zero-order valence-corrected chi connectivity index (χ0v) is 12.4. The number of halogens is 3. The van der Waals surface area contributed by atoms with E-state index in [4.69, 9.17) is 0 Å². The van der Waals surface area contributed by atoms with E-state index in [1.54, 1.807) is 17.8 Å². The maximum atomic E-state index is 12.8. The van der Waals surface area contributed by atoms with Crippen LogP contribution in [0.15, 0.2) is 23.2 Å². The molecule has 0 radical (unpaired) electrons. The van der Waals surface area contributed by atoms with E-state index >= 15 is 0 Å². The summed E-state index contributed by atoms with van der Waals surface area (Å²) in [6.07, 6.45) is -4.33. The minimum Gasteiger partial charge on any atom is -0.335 e. The predicted octanol–water partition coefficient (Wildman–Crippen LogP) is 4.55. The highest BCUT2D eigenvalue weighted by atomic mass is 32.2. The molecule has 0 bridgehead atoms. The lowest BCUT2D eigenvalue weighted by Gasteiger charge is -2.13. The molecule has 0 saturated heterocycles. The third kappa shape index (κ3) is 3.48. The Labute approximate surface area is 120 Å². The highest BCUT2D eigenvalue weighted by Gasteiger charge is 2.32. The van der Waals surface area contributed by atoms with Crippen molar-refractivity contribution in [2.45, 2.75) is 33.0 Å². The molecule has 0 unspecified atom stereocenters. The molecule has 1 heterocycles. The lowest BCUT2D eigenvalue weighted by molar-refractivity contribution is -0.138. The summed E-state index contributed by atoms with van der Waals surface area (Å²) in [5.74, 6) is 1.31. The first-order valence-corrected chi connectivity index (χ1v) is 7.41. The maximum Gasteiger partial charge on any atom is 0.416 e. The maximum absolute atomic E-state index is 12.8. The van der Waals surface area contributed by atoms with Gasteiger partial charge in [-0.3, -0.25) is 4.99 Å². The topological polar surface area (TPSA) is 24.4 Å². The van der Waals surface area contributed by atoms with Crippen molar-refractivity contribution < 1.29 is 13.2 Å². The molecule has 1 atom stereocenters. The fourth-order valence-electron chi connectivity index (χ4n) is 1.93. The van der Waals surface area contributed by atoms with E-state index in [-0.39, 0.29) is 11.6 Å². The third-order valence-electron chi connectivity index (χ3n) is 3.24. The van der Waals surface area contributed by atoms with Gasteiger partial charge >= 0.3 is 6.18 Å². The van der Waals surface area contributed by atoms with Gasteiger partial charge in [0, 0.05) is 11.4 Å². The van der Waals surface area contributed by atoms with Crippen LogP contribution >= 0.6 is 11.8 Å². The number of anilines is 1. The van der Waals surface area contributed by atoms with E-state index in [1.807, 2.05) is 0 Å². The van der Waals surface area contributed by atoms with Gasteiger partial charge < -0.3 is 5.32 Å². The Morgan fingerprint density at radius 3 is 2.60 bits per heavy atom. The van der Waals surface area contributed by atoms with Crippen molar-refractivity contribution >= 4 is 22.6 Å². The number of amidine groups is 1. The van der Waals surface area contributed by atoms with E-state index < -0.39 is 11.7 Å². The number of hydrogen-bond acceptors (Lipinski definition) is 3. The SMILES string of the molecule is Cc1ccc(NC2=N[C@@H](C(C)C)CS2)cc1C(F)(F)F. The average Bonchev–Trinajstić information content (AvgIpc) is 2.79. The Hall–Kier alpha value is -1.17. The highest BCUT2D eigenvalue weighted by Crippen LogP contribution is 2.34. The van der Waals surface area contributed by atoms with Crippen LogP contribution in [0, 0.1) is 12.8 Å². The number of rotatable bonds is 2. The molecular formula is C14H17F3N2S. The lowest BCUT2D eigenvalue weighted by atomic mass is 10.1. The van der Waals surface area contributed by atoms with Crippen LogP contribution in [0.1, 0.15) is 25.0 Å². The smallest absolute Gasteiger partial charge is 0.335 e. The second kappa shape index (κ2) is 5.68. The number of aryl methyl sites for hydroxylation is 1. The van der Waals surface area contributed by atoms with Gasteiger partial charge in [0.1, 0.15) is 0 Å². The number of nitrogens with one attached hydrogen (secondary N) is 1. The Balaban J connectivity index is 2.17. The minimum atomic E-state index is -4.33. The number of aliphatic imine (C=N–C) groups is 1. The van der Waals surface area contributed by atoms with Gasteiger partial charge in [0.25, 0.3) is 0 Å². The van der Waals surface area contributed by atoms with Gasteiger partial charge in [-0.25, -0.2) is 0 Å². The normalized spacial score (nSPS) is 19.4. The van der Waals surface area contributed by atoms with Crippen LogP contribution in [0.2, 0.25) is 0 Å². The van der Waals surface area contributed by atoms with Crippen LogP contribution in [-0.4, -0.2) is 17.0 Å². The van der Waals surface area contributed by atoms with Crippen LogP contribution in [0.3, 0.4) is 0 Å².